The normalized spacial score (nSPS) is 27.6. The van der Waals surface area contributed by atoms with E-state index in [0.29, 0.717) is 11.8 Å². The largest absolute Gasteiger partial charge is 0.493 e. The number of para-hydroxylation sites is 1. The number of ether oxygens (including phenoxy) is 4. The molecule has 0 aromatic heterocycles. The Balaban J connectivity index is 1.32. The van der Waals surface area contributed by atoms with Crippen LogP contribution < -0.4 is 14.2 Å². The summed E-state index contributed by atoms with van der Waals surface area (Å²) < 4.78 is 24.1. The van der Waals surface area contributed by atoms with Gasteiger partial charge in [0.05, 0.1) is 19.3 Å². The van der Waals surface area contributed by atoms with Gasteiger partial charge in [0.25, 0.3) is 0 Å². The minimum atomic E-state index is -0.978. The van der Waals surface area contributed by atoms with Gasteiger partial charge in [-0.2, -0.15) is 0 Å². The topological polar surface area (TPSA) is 77.5 Å². The number of nitrogens with zero attached hydrogens (tertiary/aromatic N) is 1. The zero-order chi connectivity index (χ0) is 23.2. The summed E-state index contributed by atoms with van der Waals surface area (Å²) in [6.45, 7) is 5.78. The highest BCUT2D eigenvalue weighted by Crippen LogP contribution is 2.54. The van der Waals surface area contributed by atoms with Gasteiger partial charge in [0.15, 0.2) is 18.1 Å². The Hall–Kier alpha value is -2.77. The first-order valence-electron chi connectivity index (χ1n) is 11.5. The van der Waals surface area contributed by atoms with E-state index >= 15 is 0 Å². The van der Waals surface area contributed by atoms with Crippen LogP contribution in [-0.2, 0) is 16.1 Å². The number of likely N-dealkylation sites (tertiary alicyclic amines) is 1. The Kier molecular flexibility index (Phi) is 5.70. The lowest BCUT2D eigenvalue weighted by Gasteiger charge is -2.51. The number of hydrogen-bond donors (Lipinski definition) is 1. The van der Waals surface area contributed by atoms with Crippen LogP contribution in [0.3, 0.4) is 0 Å². The van der Waals surface area contributed by atoms with Gasteiger partial charge >= 0.3 is 5.97 Å². The smallest absolute Gasteiger partial charge is 0.341 e. The second-order valence-electron chi connectivity index (χ2n) is 9.67. The number of carboxylic acids is 1. The van der Waals surface area contributed by atoms with Gasteiger partial charge in [-0.15, -0.1) is 0 Å². The minimum absolute atomic E-state index is 0.00529. The number of methoxy groups -OCH3 is 1. The number of hydrogen-bond acceptors (Lipinski definition) is 6. The fraction of sp³-hybridized carbons (Fsp3) is 0.500. The van der Waals surface area contributed by atoms with Gasteiger partial charge in [-0.3, -0.25) is 4.90 Å². The summed E-state index contributed by atoms with van der Waals surface area (Å²) in [6.07, 6.45) is 2.22. The van der Waals surface area contributed by atoms with Crippen molar-refractivity contribution in [3.63, 3.8) is 0 Å². The fourth-order valence-electron chi connectivity index (χ4n) is 5.58. The van der Waals surface area contributed by atoms with Crippen molar-refractivity contribution in [2.75, 3.05) is 20.3 Å². The molecule has 3 heterocycles. The lowest BCUT2D eigenvalue weighted by Crippen LogP contribution is -2.53. The van der Waals surface area contributed by atoms with E-state index in [9.17, 15) is 4.79 Å². The molecule has 0 unspecified atom stereocenters. The molecule has 2 fully saturated rings. The second kappa shape index (κ2) is 8.54. The number of rotatable bonds is 6. The molecule has 0 bridgehead atoms. The summed E-state index contributed by atoms with van der Waals surface area (Å²) in [5, 5.41) is 8.77. The molecule has 4 atom stereocenters. The fourth-order valence-corrected chi connectivity index (χ4v) is 5.58. The Morgan fingerprint density at radius 2 is 2.00 bits per heavy atom. The lowest BCUT2D eigenvalue weighted by atomic mass is 9.74. The maximum absolute atomic E-state index is 10.7. The van der Waals surface area contributed by atoms with Crippen LogP contribution in [0.5, 0.6) is 17.2 Å². The highest BCUT2D eigenvalue weighted by molar-refractivity contribution is 5.68. The third kappa shape index (κ3) is 4.15. The predicted molar refractivity (Wildman–Crippen MR) is 122 cm³/mol. The third-order valence-electron chi connectivity index (χ3n) is 7.25. The maximum Gasteiger partial charge on any atom is 0.341 e. The van der Waals surface area contributed by atoms with Crippen LogP contribution in [0.4, 0.5) is 0 Å². The highest BCUT2D eigenvalue weighted by atomic mass is 16.5. The van der Waals surface area contributed by atoms with Crippen LogP contribution >= 0.6 is 0 Å². The minimum Gasteiger partial charge on any atom is -0.493 e. The molecular weight excluding hydrogens is 422 g/mol. The van der Waals surface area contributed by atoms with E-state index in [-0.39, 0.29) is 30.3 Å². The van der Waals surface area contributed by atoms with Gasteiger partial charge in [-0.1, -0.05) is 24.3 Å². The van der Waals surface area contributed by atoms with E-state index in [4.69, 9.17) is 24.1 Å². The number of aliphatic carboxylic acids is 1. The Bertz CT molecular complexity index is 1020. The van der Waals surface area contributed by atoms with Gasteiger partial charge < -0.3 is 24.1 Å². The molecule has 2 aromatic rings. The van der Waals surface area contributed by atoms with Crippen LogP contribution in [0.1, 0.15) is 43.9 Å². The van der Waals surface area contributed by atoms with Gasteiger partial charge in [-0.25, -0.2) is 4.79 Å². The third-order valence-corrected chi connectivity index (χ3v) is 7.25. The maximum atomic E-state index is 10.7. The van der Waals surface area contributed by atoms with Gasteiger partial charge in [0.2, 0.25) is 0 Å². The molecule has 0 radical (unpaired) electrons. The molecule has 3 aliphatic rings. The van der Waals surface area contributed by atoms with Crippen LogP contribution in [-0.4, -0.2) is 54.0 Å². The SMILES string of the molecule is COc1cccc2c1OC(C)(C)[C@H]1C[C@@H]3[C@H](CCN3Cc3ccc(OCC(=O)O)cc3)O[C@H]21. The van der Waals surface area contributed by atoms with Crippen molar-refractivity contribution >= 4 is 5.97 Å². The average molecular weight is 454 g/mol. The molecular formula is C26H31NO6. The Labute approximate surface area is 194 Å². The summed E-state index contributed by atoms with van der Waals surface area (Å²) >= 11 is 0. The van der Waals surface area contributed by atoms with E-state index < -0.39 is 5.97 Å². The molecule has 3 aliphatic heterocycles. The summed E-state index contributed by atoms with van der Waals surface area (Å²) in [6, 6.07) is 14.1. The van der Waals surface area contributed by atoms with Crippen molar-refractivity contribution in [3.05, 3.63) is 53.6 Å². The summed E-state index contributed by atoms with van der Waals surface area (Å²) in [7, 11) is 1.68. The molecule has 2 saturated heterocycles. The second-order valence-corrected chi connectivity index (χ2v) is 9.67. The number of fused-ring (bicyclic) bond motifs is 4. The summed E-state index contributed by atoms with van der Waals surface area (Å²) in [5.74, 6) is 1.40. The van der Waals surface area contributed by atoms with Crippen molar-refractivity contribution in [2.45, 2.75) is 57.1 Å². The molecule has 2 aromatic carbocycles. The van der Waals surface area contributed by atoms with Crippen molar-refractivity contribution in [1.82, 2.24) is 4.90 Å². The number of benzene rings is 2. The van der Waals surface area contributed by atoms with Crippen LogP contribution in [0.2, 0.25) is 0 Å². The molecule has 5 rings (SSSR count). The number of carboxylic acid groups (broad SMARTS) is 1. The zero-order valence-electron chi connectivity index (χ0n) is 19.3. The van der Waals surface area contributed by atoms with Crippen molar-refractivity contribution < 1.29 is 28.8 Å². The van der Waals surface area contributed by atoms with E-state index in [0.717, 1.165) is 43.0 Å². The van der Waals surface area contributed by atoms with Crippen molar-refractivity contribution in [2.24, 2.45) is 5.92 Å². The molecule has 1 N–H and O–H groups in total. The molecule has 176 valence electrons. The standard InChI is InChI=1S/C26H31NO6/c1-26(2)19-13-20-21(32-24(19)18-5-4-6-22(30-3)25(18)33-26)11-12-27(20)14-16-7-9-17(10-8-16)31-15-23(28)29/h4-10,19-21,24H,11-15H2,1-3H3,(H,28,29)/t19-,20+,21-,24+/m0/s1. The molecule has 0 spiro atoms. The zero-order valence-corrected chi connectivity index (χ0v) is 19.3. The number of carbonyl (C=O) groups is 1. The van der Waals surface area contributed by atoms with Gasteiger partial charge in [0.1, 0.15) is 11.4 Å². The van der Waals surface area contributed by atoms with E-state index in [1.165, 1.54) is 5.56 Å². The quantitative estimate of drug-likeness (QED) is 0.707. The molecule has 7 nitrogen and oxygen atoms in total. The summed E-state index contributed by atoms with van der Waals surface area (Å²) in [4.78, 5) is 13.2. The lowest BCUT2D eigenvalue weighted by molar-refractivity contribution is -0.163. The van der Waals surface area contributed by atoms with Crippen LogP contribution in [0.25, 0.3) is 0 Å². The monoisotopic (exact) mass is 453 g/mol. The molecule has 0 saturated carbocycles. The first-order valence-corrected chi connectivity index (χ1v) is 11.5. The average Bonchev–Trinajstić information content (AvgIpc) is 3.19. The molecule has 0 aliphatic carbocycles. The van der Waals surface area contributed by atoms with E-state index in [1.807, 2.05) is 36.4 Å². The van der Waals surface area contributed by atoms with Crippen LogP contribution in [0.15, 0.2) is 42.5 Å². The summed E-state index contributed by atoms with van der Waals surface area (Å²) in [5.41, 5.74) is 1.90. The predicted octanol–water partition coefficient (Wildman–Crippen LogP) is 4.05. The van der Waals surface area contributed by atoms with E-state index in [2.05, 4.69) is 24.8 Å². The highest BCUT2D eigenvalue weighted by Gasteiger charge is 2.53. The van der Waals surface area contributed by atoms with Crippen LogP contribution in [0, 0.1) is 5.92 Å². The van der Waals surface area contributed by atoms with Crippen molar-refractivity contribution in [3.8, 4) is 17.2 Å². The van der Waals surface area contributed by atoms with Crippen molar-refractivity contribution in [1.29, 1.82) is 0 Å². The molecule has 33 heavy (non-hydrogen) atoms. The first kappa shape index (κ1) is 22.0. The van der Waals surface area contributed by atoms with Gasteiger partial charge in [0, 0.05) is 30.6 Å². The van der Waals surface area contributed by atoms with Gasteiger partial charge in [-0.05, 0) is 50.5 Å². The molecule has 7 heteroatoms. The van der Waals surface area contributed by atoms with E-state index in [1.54, 1.807) is 7.11 Å². The first-order chi connectivity index (χ1) is 15.9. The Morgan fingerprint density at radius 3 is 2.73 bits per heavy atom. The molecule has 0 amide bonds. The Morgan fingerprint density at radius 1 is 1.21 bits per heavy atom.